The van der Waals surface area contributed by atoms with Crippen molar-refractivity contribution in [2.75, 3.05) is 0 Å². The molecule has 1 aromatic carbocycles. The van der Waals surface area contributed by atoms with Crippen LogP contribution in [-0.2, 0) is 5.33 Å². The number of halogens is 2. The van der Waals surface area contributed by atoms with Gasteiger partial charge in [-0.1, -0.05) is 39.7 Å². The van der Waals surface area contributed by atoms with Gasteiger partial charge in [-0.05, 0) is 12.1 Å². The van der Waals surface area contributed by atoms with Crippen molar-refractivity contribution in [2.24, 2.45) is 0 Å². The first-order valence-corrected chi connectivity index (χ1v) is 5.99. The fourth-order valence-corrected chi connectivity index (χ4v) is 1.90. The van der Waals surface area contributed by atoms with E-state index < -0.39 is 0 Å². The Labute approximate surface area is 101 Å². The van der Waals surface area contributed by atoms with Crippen molar-refractivity contribution in [1.29, 1.82) is 0 Å². The second kappa shape index (κ2) is 4.37. The third-order valence-electron chi connectivity index (χ3n) is 2.04. The molecule has 2 rings (SSSR count). The molecule has 0 aliphatic heterocycles. The summed E-state index contributed by atoms with van der Waals surface area (Å²) in [6, 6.07) is 7.56. The highest BCUT2D eigenvalue weighted by molar-refractivity contribution is 9.08. The number of aromatic nitrogens is 1. The summed E-state index contributed by atoms with van der Waals surface area (Å²) < 4.78 is 5.46. The van der Waals surface area contributed by atoms with Crippen molar-refractivity contribution in [1.82, 2.24) is 4.98 Å². The topological polar surface area (TPSA) is 26.0 Å². The first-order chi connectivity index (χ1) is 7.20. The van der Waals surface area contributed by atoms with Crippen molar-refractivity contribution < 1.29 is 4.42 Å². The summed E-state index contributed by atoms with van der Waals surface area (Å²) in [5.74, 6) is 1.52. The SMILES string of the molecule is Cc1nc(-c2ccc(Cl)cc2)c(CBr)o1. The normalized spacial score (nSPS) is 10.6. The highest BCUT2D eigenvalue weighted by atomic mass is 79.9. The van der Waals surface area contributed by atoms with Crippen LogP contribution in [0.1, 0.15) is 11.7 Å². The lowest BCUT2D eigenvalue weighted by molar-refractivity contribution is 0.492. The van der Waals surface area contributed by atoms with Gasteiger partial charge in [0.25, 0.3) is 0 Å². The largest absolute Gasteiger partial charge is 0.444 e. The third kappa shape index (κ3) is 2.24. The van der Waals surface area contributed by atoms with Crippen molar-refractivity contribution >= 4 is 27.5 Å². The molecule has 0 aliphatic carbocycles. The second-order valence-electron chi connectivity index (χ2n) is 3.15. The molecule has 0 unspecified atom stereocenters. The van der Waals surface area contributed by atoms with E-state index in [4.69, 9.17) is 16.0 Å². The number of oxazole rings is 1. The molecular formula is C11H9BrClNO. The average molecular weight is 287 g/mol. The van der Waals surface area contributed by atoms with Crippen LogP contribution in [0.3, 0.4) is 0 Å². The van der Waals surface area contributed by atoms with Gasteiger partial charge in [-0.15, -0.1) is 0 Å². The maximum Gasteiger partial charge on any atom is 0.191 e. The molecule has 0 aliphatic rings. The molecule has 0 saturated carbocycles. The number of alkyl halides is 1. The fraction of sp³-hybridized carbons (Fsp3) is 0.182. The van der Waals surface area contributed by atoms with Gasteiger partial charge < -0.3 is 4.42 Å². The molecular weight excluding hydrogens is 277 g/mol. The Morgan fingerprint density at radius 2 is 2.00 bits per heavy atom. The van der Waals surface area contributed by atoms with E-state index in [0.29, 0.717) is 11.2 Å². The highest BCUT2D eigenvalue weighted by Crippen LogP contribution is 2.26. The lowest BCUT2D eigenvalue weighted by Gasteiger charge is -1.98. The molecule has 15 heavy (non-hydrogen) atoms. The van der Waals surface area contributed by atoms with Gasteiger partial charge in [0.2, 0.25) is 0 Å². The molecule has 2 aromatic rings. The van der Waals surface area contributed by atoms with Gasteiger partial charge in [0.05, 0.1) is 5.33 Å². The quantitative estimate of drug-likeness (QED) is 0.773. The summed E-state index contributed by atoms with van der Waals surface area (Å²) in [5, 5.41) is 1.38. The summed E-state index contributed by atoms with van der Waals surface area (Å²) >= 11 is 9.20. The van der Waals surface area contributed by atoms with Crippen LogP contribution in [0.25, 0.3) is 11.3 Å². The Balaban J connectivity index is 2.48. The molecule has 0 bridgehead atoms. The predicted molar refractivity (Wildman–Crippen MR) is 64.3 cm³/mol. The van der Waals surface area contributed by atoms with E-state index in [1.54, 1.807) is 0 Å². The second-order valence-corrected chi connectivity index (χ2v) is 4.14. The molecule has 78 valence electrons. The molecule has 0 radical (unpaired) electrons. The van der Waals surface area contributed by atoms with Gasteiger partial charge in [-0.25, -0.2) is 4.98 Å². The van der Waals surface area contributed by atoms with Crippen LogP contribution in [0.2, 0.25) is 5.02 Å². The standard InChI is InChI=1S/C11H9BrClNO/c1-7-14-11(10(6-12)15-7)8-2-4-9(13)5-3-8/h2-5H,6H2,1H3. The first kappa shape index (κ1) is 10.7. The van der Waals surface area contributed by atoms with Crippen LogP contribution in [0.15, 0.2) is 28.7 Å². The maximum atomic E-state index is 5.82. The summed E-state index contributed by atoms with van der Waals surface area (Å²) in [5.41, 5.74) is 1.90. The average Bonchev–Trinajstić information content (AvgIpc) is 2.61. The molecule has 0 spiro atoms. The molecule has 4 heteroatoms. The van der Waals surface area contributed by atoms with Crippen LogP contribution in [0.4, 0.5) is 0 Å². The van der Waals surface area contributed by atoms with E-state index in [-0.39, 0.29) is 0 Å². The predicted octanol–water partition coefficient (Wildman–Crippen LogP) is 4.20. The van der Waals surface area contributed by atoms with Gasteiger partial charge in [0.1, 0.15) is 11.5 Å². The Kier molecular flexibility index (Phi) is 3.12. The van der Waals surface area contributed by atoms with Crippen molar-refractivity contribution in [3.8, 4) is 11.3 Å². The minimum Gasteiger partial charge on any atom is -0.444 e. The van der Waals surface area contributed by atoms with Crippen molar-refractivity contribution in [3.63, 3.8) is 0 Å². The van der Waals surface area contributed by atoms with Crippen LogP contribution in [0.5, 0.6) is 0 Å². The summed E-state index contributed by atoms with van der Waals surface area (Å²) in [6.45, 7) is 1.84. The van der Waals surface area contributed by atoms with Crippen LogP contribution in [0, 0.1) is 6.92 Å². The summed E-state index contributed by atoms with van der Waals surface area (Å²) in [4.78, 5) is 4.34. The van der Waals surface area contributed by atoms with Crippen LogP contribution in [-0.4, -0.2) is 4.98 Å². The van der Waals surface area contributed by atoms with E-state index in [0.717, 1.165) is 22.0 Å². The van der Waals surface area contributed by atoms with Gasteiger partial charge in [-0.2, -0.15) is 0 Å². The lowest BCUT2D eigenvalue weighted by Crippen LogP contribution is -1.82. The molecule has 0 saturated heterocycles. The maximum absolute atomic E-state index is 5.82. The minimum absolute atomic E-state index is 0.659. The zero-order valence-corrected chi connectivity index (χ0v) is 10.5. The third-order valence-corrected chi connectivity index (χ3v) is 2.80. The Morgan fingerprint density at radius 3 is 2.60 bits per heavy atom. The monoisotopic (exact) mass is 285 g/mol. The van der Waals surface area contributed by atoms with Gasteiger partial charge in [0, 0.05) is 17.5 Å². The minimum atomic E-state index is 0.659. The van der Waals surface area contributed by atoms with E-state index in [1.165, 1.54) is 0 Å². The molecule has 0 N–H and O–H groups in total. The van der Waals surface area contributed by atoms with Crippen molar-refractivity contribution in [2.45, 2.75) is 12.3 Å². The van der Waals surface area contributed by atoms with Crippen molar-refractivity contribution in [3.05, 3.63) is 40.9 Å². The molecule has 1 aromatic heterocycles. The molecule has 0 amide bonds. The zero-order chi connectivity index (χ0) is 10.8. The lowest BCUT2D eigenvalue weighted by atomic mass is 10.1. The number of rotatable bonds is 2. The highest BCUT2D eigenvalue weighted by Gasteiger charge is 2.11. The first-order valence-electron chi connectivity index (χ1n) is 4.49. The van der Waals surface area contributed by atoms with E-state index in [1.807, 2.05) is 31.2 Å². The van der Waals surface area contributed by atoms with Gasteiger partial charge >= 0.3 is 0 Å². The van der Waals surface area contributed by atoms with Gasteiger partial charge in [0.15, 0.2) is 5.89 Å². The van der Waals surface area contributed by atoms with E-state index >= 15 is 0 Å². The number of nitrogens with zero attached hydrogens (tertiary/aromatic N) is 1. The summed E-state index contributed by atoms with van der Waals surface area (Å²) in [6.07, 6.45) is 0. The zero-order valence-electron chi connectivity index (χ0n) is 8.13. The summed E-state index contributed by atoms with van der Waals surface area (Å²) in [7, 11) is 0. The Morgan fingerprint density at radius 1 is 1.33 bits per heavy atom. The molecule has 0 fully saturated rings. The van der Waals surface area contributed by atoms with Crippen LogP contribution < -0.4 is 0 Å². The molecule has 2 nitrogen and oxygen atoms in total. The van der Waals surface area contributed by atoms with Crippen LogP contribution >= 0.6 is 27.5 Å². The fourth-order valence-electron chi connectivity index (χ4n) is 1.39. The Bertz CT molecular complexity index is 464. The Hall–Kier alpha value is -0.800. The smallest absolute Gasteiger partial charge is 0.191 e. The number of hydrogen-bond donors (Lipinski definition) is 0. The van der Waals surface area contributed by atoms with E-state index in [9.17, 15) is 0 Å². The number of aryl methyl sites for hydroxylation is 1. The van der Waals surface area contributed by atoms with Gasteiger partial charge in [-0.3, -0.25) is 0 Å². The van der Waals surface area contributed by atoms with E-state index in [2.05, 4.69) is 20.9 Å². The number of benzene rings is 1. The number of hydrogen-bond acceptors (Lipinski definition) is 2. The molecule has 1 heterocycles. The molecule has 0 atom stereocenters.